The molecule has 5 atom stereocenters. The number of fused-ring (bicyclic) bond motifs is 1. The molecule has 10 heteroatoms. The number of ether oxygens (including phenoxy) is 3. The van der Waals surface area contributed by atoms with E-state index in [1.807, 2.05) is 37.3 Å². The van der Waals surface area contributed by atoms with Crippen LogP contribution in [0.3, 0.4) is 0 Å². The topological polar surface area (TPSA) is 120 Å². The Hall–Kier alpha value is -3.12. The Balaban J connectivity index is 1.42. The van der Waals surface area contributed by atoms with Gasteiger partial charge >= 0.3 is 0 Å². The van der Waals surface area contributed by atoms with Crippen molar-refractivity contribution in [2.45, 2.75) is 48.8 Å². The summed E-state index contributed by atoms with van der Waals surface area (Å²) in [4.78, 5) is 12.8. The summed E-state index contributed by atoms with van der Waals surface area (Å²) in [6, 6.07) is 23.7. The van der Waals surface area contributed by atoms with E-state index in [-0.39, 0.29) is 11.5 Å². The first-order chi connectivity index (χ1) is 17.7. The van der Waals surface area contributed by atoms with Crippen molar-refractivity contribution in [3.05, 3.63) is 102 Å². The summed E-state index contributed by atoms with van der Waals surface area (Å²) in [6.45, 7) is 1.81. The minimum atomic E-state index is -4.24. The van der Waals surface area contributed by atoms with E-state index >= 15 is 0 Å². The van der Waals surface area contributed by atoms with E-state index in [1.54, 1.807) is 42.5 Å². The van der Waals surface area contributed by atoms with Gasteiger partial charge in [-0.25, -0.2) is 0 Å². The first-order valence-corrected chi connectivity index (χ1v) is 13.2. The molecule has 2 aliphatic heterocycles. The van der Waals surface area contributed by atoms with Gasteiger partial charge in [-0.3, -0.25) is 8.98 Å². The Morgan fingerprint density at radius 2 is 1.65 bits per heavy atom. The highest BCUT2D eigenvalue weighted by atomic mass is 32.2. The standard InChI is InChI=1S/C27H27NO8S/c1-18-12-14-21(15-13-18)37(31,32)36-22-16-27(30,28-25(29)19-8-4-2-5-9-19)35-23-17-33-26(34-24(22)23)20-10-6-3-7-11-20/h2-15,22-24,26,30H,16-17H2,1H3,(H,28,29)/t22-,23-,24+,26?,27-/m1/s1. The smallest absolute Gasteiger partial charge is 0.297 e. The lowest BCUT2D eigenvalue weighted by atomic mass is 9.97. The van der Waals surface area contributed by atoms with Crippen molar-refractivity contribution >= 4 is 16.0 Å². The third-order valence-corrected chi connectivity index (χ3v) is 7.58. The number of nitrogens with one attached hydrogen (secondary N) is 1. The van der Waals surface area contributed by atoms with Crippen LogP contribution in [0.5, 0.6) is 0 Å². The van der Waals surface area contributed by atoms with Gasteiger partial charge in [0.25, 0.3) is 21.9 Å². The van der Waals surface area contributed by atoms with Crippen molar-refractivity contribution in [1.29, 1.82) is 0 Å². The number of amides is 1. The monoisotopic (exact) mass is 525 g/mol. The molecule has 0 aliphatic carbocycles. The van der Waals surface area contributed by atoms with Crippen LogP contribution in [0.15, 0.2) is 89.8 Å². The molecule has 2 saturated heterocycles. The molecule has 194 valence electrons. The Morgan fingerprint density at radius 1 is 1.00 bits per heavy atom. The van der Waals surface area contributed by atoms with E-state index < -0.39 is 53.0 Å². The average Bonchev–Trinajstić information content (AvgIpc) is 2.89. The van der Waals surface area contributed by atoms with Crippen molar-refractivity contribution in [3.63, 3.8) is 0 Å². The Bertz CT molecular complexity index is 1330. The van der Waals surface area contributed by atoms with E-state index in [0.717, 1.165) is 11.1 Å². The number of hydrogen-bond donors (Lipinski definition) is 2. The van der Waals surface area contributed by atoms with Crippen molar-refractivity contribution in [1.82, 2.24) is 5.32 Å². The summed E-state index contributed by atoms with van der Waals surface area (Å²) in [5, 5.41) is 13.7. The van der Waals surface area contributed by atoms with Gasteiger partial charge in [0.1, 0.15) is 18.3 Å². The van der Waals surface area contributed by atoms with Crippen LogP contribution >= 0.6 is 0 Å². The van der Waals surface area contributed by atoms with Crippen LogP contribution in [0.2, 0.25) is 0 Å². The average molecular weight is 526 g/mol. The van der Waals surface area contributed by atoms with Gasteiger partial charge in [-0.2, -0.15) is 8.42 Å². The first kappa shape index (κ1) is 25.5. The Morgan fingerprint density at radius 3 is 2.32 bits per heavy atom. The fourth-order valence-electron chi connectivity index (χ4n) is 4.38. The maximum absolute atomic E-state index is 13.2. The molecule has 0 spiro atoms. The van der Waals surface area contributed by atoms with Gasteiger partial charge in [-0.05, 0) is 31.2 Å². The molecule has 3 aromatic rings. The van der Waals surface area contributed by atoms with Gasteiger partial charge < -0.3 is 24.6 Å². The summed E-state index contributed by atoms with van der Waals surface area (Å²) in [5.74, 6) is -2.82. The molecular weight excluding hydrogens is 498 g/mol. The summed E-state index contributed by atoms with van der Waals surface area (Å²) in [5.41, 5.74) is 1.92. The highest BCUT2D eigenvalue weighted by Gasteiger charge is 2.53. The van der Waals surface area contributed by atoms with Crippen LogP contribution < -0.4 is 5.32 Å². The van der Waals surface area contributed by atoms with Gasteiger partial charge in [0, 0.05) is 11.1 Å². The van der Waals surface area contributed by atoms with Crippen LogP contribution in [-0.4, -0.2) is 50.3 Å². The molecule has 9 nitrogen and oxygen atoms in total. The first-order valence-electron chi connectivity index (χ1n) is 11.8. The predicted octanol–water partition coefficient (Wildman–Crippen LogP) is 3.05. The molecule has 0 saturated carbocycles. The number of rotatable bonds is 6. The van der Waals surface area contributed by atoms with Crippen molar-refractivity contribution < 1.29 is 36.7 Å². The lowest BCUT2D eigenvalue weighted by molar-refractivity contribution is -0.366. The zero-order valence-corrected chi connectivity index (χ0v) is 20.8. The summed E-state index contributed by atoms with van der Waals surface area (Å²) in [6.07, 6.45) is -4.22. The molecule has 1 amide bonds. The highest BCUT2D eigenvalue weighted by molar-refractivity contribution is 7.86. The molecular formula is C27H27NO8S. The Labute approximate surface area is 215 Å². The quantitative estimate of drug-likeness (QED) is 0.372. The molecule has 2 N–H and O–H groups in total. The maximum Gasteiger partial charge on any atom is 0.297 e. The summed E-state index contributed by atoms with van der Waals surface area (Å²) < 4.78 is 49.7. The number of carbonyl (C=O) groups excluding carboxylic acids is 1. The van der Waals surface area contributed by atoms with E-state index in [9.17, 15) is 18.3 Å². The number of aliphatic hydroxyl groups is 1. The van der Waals surface area contributed by atoms with E-state index in [0.29, 0.717) is 5.56 Å². The molecule has 0 bridgehead atoms. The zero-order valence-electron chi connectivity index (χ0n) is 20.0. The number of benzene rings is 3. The second kappa shape index (κ2) is 10.3. The third kappa shape index (κ3) is 5.74. The maximum atomic E-state index is 13.2. The molecule has 2 aliphatic rings. The SMILES string of the molecule is Cc1ccc(S(=O)(=O)O[C@@H]2C[C@](O)(NC(=O)c3ccccc3)O[C@@H]3COC(c4ccccc4)O[C@H]32)cc1. The van der Waals surface area contributed by atoms with Gasteiger partial charge in [0.2, 0.25) is 0 Å². The molecule has 37 heavy (non-hydrogen) atoms. The van der Waals surface area contributed by atoms with Crippen LogP contribution in [0.25, 0.3) is 0 Å². The van der Waals surface area contributed by atoms with Crippen LogP contribution in [0.1, 0.15) is 34.2 Å². The van der Waals surface area contributed by atoms with Crippen molar-refractivity contribution in [2.24, 2.45) is 0 Å². The van der Waals surface area contributed by atoms with Crippen LogP contribution in [0.4, 0.5) is 0 Å². The fourth-order valence-corrected chi connectivity index (χ4v) is 5.46. The van der Waals surface area contributed by atoms with E-state index in [4.69, 9.17) is 18.4 Å². The molecule has 1 unspecified atom stereocenters. The third-order valence-electron chi connectivity index (χ3n) is 6.23. The van der Waals surface area contributed by atoms with Gasteiger partial charge in [0.15, 0.2) is 6.29 Å². The van der Waals surface area contributed by atoms with Crippen LogP contribution in [-0.2, 0) is 28.5 Å². The predicted molar refractivity (Wildman–Crippen MR) is 132 cm³/mol. The Kier molecular flexibility index (Phi) is 7.13. The zero-order chi connectivity index (χ0) is 26.0. The number of hydrogen-bond acceptors (Lipinski definition) is 8. The van der Waals surface area contributed by atoms with Crippen LogP contribution in [0, 0.1) is 6.92 Å². The summed E-state index contributed by atoms with van der Waals surface area (Å²) >= 11 is 0. The number of carbonyl (C=O) groups is 1. The normalized spacial score (nSPS) is 27.7. The minimum Gasteiger partial charge on any atom is -0.349 e. The fraction of sp³-hybridized carbons (Fsp3) is 0.296. The van der Waals surface area contributed by atoms with Crippen molar-refractivity contribution in [3.8, 4) is 0 Å². The largest absolute Gasteiger partial charge is 0.349 e. The second-order valence-corrected chi connectivity index (χ2v) is 10.6. The van der Waals surface area contributed by atoms with E-state index in [1.165, 1.54) is 12.1 Å². The second-order valence-electron chi connectivity index (χ2n) is 9.04. The molecule has 0 radical (unpaired) electrons. The minimum absolute atomic E-state index is 0.0296. The molecule has 2 heterocycles. The highest BCUT2D eigenvalue weighted by Crippen LogP contribution is 2.38. The summed E-state index contributed by atoms with van der Waals surface area (Å²) in [7, 11) is -4.24. The molecule has 0 aromatic heterocycles. The number of aryl methyl sites for hydroxylation is 1. The van der Waals surface area contributed by atoms with Crippen molar-refractivity contribution in [2.75, 3.05) is 6.61 Å². The molecule has 2 fully saturated rings. The van der Waals surface area contributed by atoms with Gasteiger partial charge in [-0.15, -0.1) is 0 Å². The lowest BCUT2D eigenvalue weighted by Crippen LogP contribution is -2.65. The lowest BCUT2D eigenvalue weighted by Gasteiger charge is -2.48. The molecule has 5 rings (SSSR count). The van der Waals surface area contributed by atoms with E-state index in [2.05, 4.69) is 5.32 Å². The van der Waals surface area contributed by atoms with Gasteiger partial charge in [-0.1, -0.05) is 66.2 Å². The van der Waals surface area contributed by atoms with Gasteiger partial charge in [0.05, 0.1) is 17.9 Å². The molecule has 3 aromatic carbocycles.